The highest BCUT2D eigenvalue weighted by molar-refractivity contribution is 7.22. The van der Waals surface area contributed by atoms with Gasteiger partial charge in [0.25, 0.3) is 0 Å². The normalized spacial score (nSPS) is 13.8. The fourth-order valence-electron chi connectivity index (χ4n) is 10.9. The van der Waals surface area contributed by atoms with Crippen molar-refractivity contribution in [3.05, 3.63) is 248 Å². The summed E-state index contributed by atoms with van der Waals surface area (Å²) in [6, 6.07) is 88.9. The van der Waals surface area contributed by atoms with Crippen LogP contribution in [0.2, 0.25) is 0 Å². The summed E-state index contributed by atoms with van der Waals surface area (Å²) in [7, 11) is -2.85. The number of hydrogen-bond donors (Lipinski definition) is 0. The lowest BCUT2D eigenvalue weighted by Gasteiger charge is -2.34. The Morgan fingerprint density at radius 3 is 1.60 bits per heavy atom. The molecule has 63 heavy (non-hydrogen) atoms. The van der Waals surface area contributed by atoms with Gasteiger partial charge in [-0.3, -0.25) is 0 Å². The second kappa shape index (κ2) is 14.5. The topological polar surface area (TPSA) is 3.24 Å². The summed E-state index contributed by atoms with van der Waals surface area (Å²) in [6.07, 6.45) is 0. The van der Waals surface area contributed by atoms with E-state index in [2.05, 4.69) is 255 Å². The fourth-order valence-corrected chi connectivity index (χ4v) is 16.1. The van der Waals surface area contributed by atoms with E-state index >= 15 is 0 Å². The second-order valence-electron chi connectivity index (χ2n) is 17.7. The Kier molecular flexibility index (Phi) is 8.60. The standard InChI is InChI=1S/C61H45NSi/c1-61(2)57-26-14-11-23-53(57)54-36-35-49(41-58(54)61)62(48-33-31-44(32-34-48)46-30-29-43-19-9-10-20-45(43)37-46)50-38-47(42-17-5-3-6-18-42)39-52(40-50)63(51-21-7-4-8-22-51)59-27-15-12-24-55(59)56-25-13-16-28-60(56)63/h3-41H,1-2H3. The van der Waals surface area contributed by atoms with E-state index < -0.39 is 8.07 Å². The van der Waals surface area contributed by atoms with Gasteiger partial charge in [-0.25, -0.2) is 0 Å². The van der Waals surface area contributed by atoms with Gasteiger partial charge in [0.2, 0.25) is 0 Å². The molecule has 0 spiro atoms. The van der Waals surface area contributed by atoms with Crippen molar-refractivity contribution in [2.45, 2.75) is 19.3 Å². The van der Waals surface area contributed by atoms with Crippen molar-refractivity contribution in [1.82, 2.24) is 0 Å². The molecule has 0 fully saturated rings. The number of rotatable bonds is 7. The van der Waals surface area contributed by atoms with Gasteiger partial charge in [-0.1, -0.05) is 208 Å². The van der Waals surface area contributed by atoms with Crippen LogP contribution in [0.15, 0.2) is 237 Å². The van der Waals surface area contributed by atoms with Crippen molar-refractivity contribution in [3.63, 3.8) is 0 Å². The highest BCUT2D eigenvalue weighted by atomic mass is 28.3. The zero-order chi connectivity index (χ0) is 42.1. The summed E-state index contributed by atoms with van der Waals surface area (Å²) in [4.78, 5) is 2.51. The van der Waals surface area contributed by atoms with E-state index in [9.17, 15) is 0 Å². The molecule has 1 aliphatic carbocycles. The first-order chi connectivity index (χ1) is 31.0. The molecule has 12 rings (SSSR count). The minimum atomic E-state index is -2.85. The van der Waals surface area contributed by atoms with Gasteiger partial charge < -0.3 is 4.90 Å². The van der Waals surface area contributed by atoms with Crippen LogP contribution in [-0.2, 0) is 5.41 Å². The molecule has 0 amide bonds. The van der Waals surface area contributed by atoms with E-state index in [1.54, 1.807) is 0 Å². The number of fused-ring (bicyclic) bond motifs is 7. The molecule has 1 aliphatic heterocycles. The van der Waals surface area contributed by atoms with Crippen molar-refractivity contribution >= 4 is 56.7 Å². The van der Waals surface area contributed by atoms with E-state index in [1.807, 2.05) is 0 Å². The van der Waals surface area contributed by atoms with Gasteiger partial charge in [0, 0.05) is 22.5 Å². The number of hydrogen-bond acceptors (Lipinski definition) is 1. The van der Waals surface area contributed by atoms with Gasteiger partial charge in [-0.2, -0.15) is 0 Å². The molecule has 1 heterocycles. The maximum Gasteiger partial charge on any atom is 0.180 e. The monoisotopic (exact) mass is 819 g/mol. The molecule has 0 radical (unpaired) electrons. The Hall–Kier alpha value is -7.52. The lowest BCUT2D eigenvalue weighted by Crippen LogP contribution is -2.72. The quantitative estimate of drug-likeness (QED) is 0.145. The van der Waals surface area contributed by atoms with Crippen LogP contribution >= 0.6 is 0 Å². The first kappa shape index (κ1) is 37.3. The van der Waals surface area contributed by atoms with Crippen molar-refractivity contribution in [2.75, 3.05) is 4.90 Å². The minimum Gasteiger partial charge on any atom is -0.310 e. The third-order valence-corrected chi connectivity index (χ3v) is 18.8. The molecule has 298 valence electrons. The summed E-state index contributed by atoms with van der Waals surface area (Å²) >= 11 is 0. The van der Waals surface area contributed by atoms with Crippen LogP contribution in [0.3, 0.4) is 0 Å². The maximum atomic E-state index is 2.54. The average Bonchev–Trinajstić information content (AvgIpc) is 3.78. The molecule has 0 atom stereocenters. The molecule has 0 unspecified atom stereocenters. The zero-order valence-electron chi connectivity index (χ0n) is 35.5. The molecule has 0 saturated carbocycles. The molecule has 2 aliphatic rings. The van der Waals surface area contributed by atoms with Crippen LogP contribution in [0.5, 0.6) is 0 Å². The largest absolute Gasteiger partial charge is 0.310 e. The predicted octanol–water partition coefficient (Wildman–Crippen LogP) is 13.3. The summed E-state index contributed by atoms with van der Waals surface area (Å²) in [5, 5.41) is 8.15. The third-order valence-electron chi connectivity index (χ3n) is 13.9. The van der Waals surface area contributed by atoms with Gasteiger partial charge >= 0.3 is 0 Å². The lowest BCUT2D eigenvalue weighted by molar-refractivity contribution is 0.660. The van der Waals surface area contributed by atoms with Crippen LogP contribution in [-0.4, -0.2) is 8.07 Å². The highest BCUT2D eigenvalue weighted by Crippen LogP contribution is 2.51. The van der Waals surface area contributed by atoms with Gasteiger partial charge in [-0.05, 0) is 130 Å². The summed E-state index contributed by atoms with van der Waals surface area (Å²) in [6.45, 7) is 4.75. The van der Waals surface area contributed by atoms with Gasteiger partial charge in [0.05, 0.1) is 0 Å². The molecular weight excluding hydrogens is 775 g/mol. The number of anilines is 3. The maximum absolute atomic E-state index is 2.85. The van der Waals surface area contributed by atoms with Crippen molar-refractivity contribution in [2.24, 2.45) is 0 Å². The van der Waals surface area contributed by atoms with Crippen LogP contribution in [0, 0.1) is 0 Å². The van der Waals surface area contributed by atoms with E-state index in [0.29, 0.717) is 0 Å². The van der Waals surface area contributed by atoms with Crippen molar-refractivity contribution in [3.8, 4) is 44.5 Å². The van der Waals surface area contributed by atoms with E-state index in [0.717, 1.165) is 17.1 Å². The lowest BCUT2D eigenvalue weighted by atomic mass is 9.82. The molecule has 10 aromatic rings. The molecule has 0 N–H and O–H groups in total. The Bertz CT molecular complexity index is 3320. The first-order valence-electron chi connectivity index (χ1n) is 22.1. The van der Waals surface area contributed by atoms with E-state index in [1.165, 1.54) is 87.2 Å². The fraction of sp³-hybridized carbons (Fsp3) is 0.0492. The molecule has 0 saturated heterocycles. The van der Waals surface area contributed by atoms with Gasteiger partial charge in [-0.15, -0.1) is 0 Å². The van der Waals surface area contributed by atoms with E-state index in [4.69, 9.17) is 0 Å². The summed E-state index contributed by atoms with van der Waals surface area (Å²) in [5.41, 5.74) is 16.2. The highest BCUT2D eigenvalue weighted by Gasteiger charge is 2.49. The van der Waals surface area contributed by atoms with E-state index in [-0.39, 0.29) is 5.41 Å². The minimum absolute atomic E-state index is 0.147. The summed E-state index contributed by atoms with van der Waals surface area (Å²) < 4.78 is 0. The molecule has 10 aromatic carbocycles. The van der Waals surface area contributed by atoms with Gasteiger partial charge in [0.1, 0.15) is 0 Å². The molecular formula is C61H45NSi. The Balaban J connectivity index is 1.12. The van der Waals surface area contributed by atoms with Crippen molar-refractivity contribution in [1.29, 1.82) is 0 Å². The molecule has 2 heteroatoms. The first-order valence-corrected chi connectivity index (χ1v) is 24.1. The molecule has 1 nitrogen and oxygen atoms in total. The van der Waals surface area contributed by atoms with Crippen LogP contribution in [0.25, 0.3) is 55.3 Å². The molecule has 0 aromatic heterocycles. The van der Waals surface area contributed by atoms with Crippen LogP contribution in [0.1, 0.15) is 25.0 Å². The second-order valence-corrected chi connectivity index (χ2v) is 21.4. The van der Waals surface area contributed by atoms with Crippen LogP contribution < -0.4 is 25.6 Å². The number of benzene rings is 10. The Morgan fingerprint density at radius 1 is 0.317 bits per heavy atom. The third kappa shape index (κ3) is 5.83. The Morgan fingerprint density at radius 2 is 0.873 bits per heavy atom. The smallest absolute Gasteiger partial charge is 0.180 e. The van der Waals surface area contributed by atoms with Crippen LogP contribution in [0.4, 0.5) is 17.1 Å². The average molecular weight is 820 g/mol. The van der Waals surface area contributed by atoms with Gasteiger partial charge in [0.15, 0.2) is 8.07 Å². The zero-order valence-corrected chi connectivity index (χ0v) is 36.5. The summed E-state index contributed by atoms with van der Waals surface area (Å²) in [5.74, 6) is 0. The molecule has 0 bridgehead atoms. The van der Waals surface area contributed by atoms with Crippen molar-refractivity contribution < 1.29 is 0 Å². The predicted molar refractivity (Wildman–Crippen MR) is 270 cm³/mol. The number of nitrogens with zero attached hydrogens (tertiary/aromatic N) is 1. The SMILES string of the molecule is CC1(C)c2ccccc2-c2ccc(N(c3ccc(-c4ccc5ccccc5c4)cc3)c3cc(-c4ccccc4)cc([Si]4(c5ccccc5)c5ccccc5-c5ccccc54)c3)cc21. The Labute approximate surface area is 371 Å².